The predicted octanol–water partition coefficient (Wildman–Crippen LogP) is 8.32. The van der Waals surface area contributed by atoms with E-state index in [2.05, 4.69) is 26.3 Å². The van der Waals surface area contributed by atoms with Gasteiger partial charge in [0.1, 0.15) is 16.7 Å². The number of benzene rings is 1. The van der Waals surface area contributed by atoms with E-state index >= 15 is 0 Å². The molecule has 6 nitrogen and oxygen atoms in total. The second-order valence-corrected chi connectivity index (χ2v) is 14.5. The molecule has 42 heavy (non-hydrogen) atoms. The molecule has 0 aromatic heterocycles. The summed E-state index contributed by atoms with van der Waals surface area (Å²) in [6, 6.07) is 6.22. The number of hydrogen-bond acceptors (Lipinski definition) is 5. The predicted molar refractivity (Wildman–Crippen MR) is 176 cm³/mol. The first-order valence-electron chi connectivity index (χ1n) is 17.2. The van der Waals surface area contributed by atoms with E-state index in [1.807, 2.05) is 0 Å². The minimum absolute atomic E-state index is 0.116. The van der Waals surface area contributed by atoms with E-state index < -0.39 is 10.1 Å². The second kappa shape index (κ2) is 23.1. The molecule has 0 amide bonds. The van der Waals surface area contributed by atoms with Crippen molar-refractivity contribution in [2.75, 3.05) is 33.7 Å². The summed E-state index contributed by atoms with van der Waals surface area (Å²) < 4.78 is 32.4. The maximum Gasteiger partial charge on any atom is 0.203 e. The molecule has 0 bridgehead atoms. The van der Waals surface area contributed by atoms with Gasteiger partial charge in [-0.1, -0.05) is 128 Å². The molecule has 0 spiro atoms. The molecule has 1 aromatic carbocycles. The summed E-state index contributed by atoms with van der Waals surface area (Å²) in [6.07, 6.45) is 27.4. The van der Waals surface area contributed by atoms with E-state index in [1.165, 1.54) is 134 Å². The molecule has 1 aromatic rings. The SMILES string of the molecule is CCCCCCCCCCCCCCCCCC[N+](C)(C)CC(=O)C1CCCCCN1.Cc1ccccc1S(=O)(=O)[O-]. The fourth-order valence-electron chi connectivity index (χ4n) is 5.84. The van der Waals surface area contributed by atoms with Gasteiger partial charge in [-0.25, -0.2) is 8.42 Å². The lowest BCUT2D eigenvalue weighted by Crippen LogP contribution is -2.50. The summed E-state index contributed by atoms with van der Waals surface area (Å²) in [5.74, 6) is 0.434. The third-order valence-electron chi connectivity index (χ3n) is 8.51. The first-order chi connectivity index (χ1) is 20.1. The smallest absolute Gasteiger partial charge is 0.203 e. The zero-order valence-corrected chi connectivity index (χ0v) is 28.5. The van der Waals surface area contributed by atoms with Crippen molar-refractivity contribution < 1.29 is 22.2 Å². The van der Waals surface area contributed by atoms with Gasteiger partial charge in [-0.2, -0.15) is 0 Å². The van der Waals surface area contributed by atoms with Crippen LogP contribution in [-0.2, 0) is 14.9 Å². The van der Waals surface area contributed by atoms with Gasteiger partial charge in [0.2, 0.25) is 5.78 Å². The van der Waals surface area contributed by atoms with Crippen LogP contribution >= 0.6 is 0 Å². The Morgan fingerprint density at radius 3 is 1.79 bits per heavy atom. The van der Waals surface area contributed by atoms with Crippen LogP contribution in [-0.4, -0.2) is 63.0 Å². The largest absolute Gasteiger partial charge is 0.744 e. The maximum absolute atomic E-state index is 12.7. The van der Waals surface area contributed by atoms with Gasteiger partial charge < -0.3 is 14.4 Å². The number of likely N-dealkylation sites (N-methyl/N-ethyl adjacent to an activating group) is 1. The molecule has 1 atom stereocenters. The number of carbonyl (C=O) groups is 1. The molecule has 1 aliphatic rings. The van der Waals surface area contributed by atoms with Crippen molar-refractivity contribution in [1.82, 2.24) is 5.32 Å². The molecule has 1 fully saturated rings. The van der Waals surface area contributed by atoms with Crippen LogP contribution in [0.1, 0.15) is 141 Å². The van der Waals surface area contributed by atoms with Gasteiger partial charge in [0, 0.05) is 0 Å². The molecule has 2 rings (SSSR count). The Hall–Kier alpha value is -1.28. The Bertz CT molecular complexity index is 925. The quantitative estimate of drug-likeness (QED) is 0.0861. The highest BCUT2D eigenvalue weighted by Crippen LogP contribution is 2.16. The van der Waals surface area contributed by atoms with Crippen molar-refractivity contribution in [3.05, 3.63) is 29.8 Å². The van der Waals surface area contributed by atoms with E-state index in [0.717, 1.165) is 24.0 Å². The number of rotatable bonds is 21. The first kappa shape index (κ1) is 38.7. The van der Waals surface area contributed by atoms with E-state index in [4.69, 9.17) is 0 Å². The minimum Gasteiger partial charge on any atom is -0.744 e. The first-order valence-corrected chi connectivity index (χ1v) is 18.6. The molecule has 0 radical (unpaired) electrons. The Morgan fingerprint density at radius 1 is 0.810 bits per heavy atom. The molecule has 1 saturated heterocycles. The second-order valence-electron chi connectivity index (χ2n) is 13.2. The lowest BCUT2D eigenvalue weighted by molar-refractivity contribution is -0.882. The normalized spacial score (nSPS) is 16.0. The highest BCUT2D eigenvalue weighted by Gasteiger charge is 2.26. The number of aryl methyl sites for hydroxylation is 1. The highest BCUT2D eigenvalue weighted by atomic mass is 32.2. The number of hydrogen-bond donors (Lipinski definition) is 1. The summed E-state index contributed by atoms with van der Waals surface area (Å²) in [7, 11) is 0.188. The molecule has 0 aliphatic carbocycles. The molecule has 1 unspecified atom stereocenters. The van der Waals surface area contributed by atoms with Crippen molar-refractivity contribution in [2.24, 2.45) is 0 Å². The third kappa shape index (κ3) is 19.8. The summed E-state index contributed by atoms with van der Waals surface area (Å²) in [5.41, 5.74) is 0.488. The number of ketones is 1. The Balaban J connectivity index is 0.000000666. The Morgan fingerprint density at radius 2 is 1.31 bits per heavy atom. The van der Waals surface area contributed by atoms with Gasteiger partial charge in [-0.15, -0.1) is 0 Å². The zero-order valence-electron chi connectivity index (χ0n) is 27.6. The third-order valence-corrected chi connectivity index (χ3v) is 9.51. The van der Waals surface area contributed by atoms with Crippen molar-refractivity contribution in [2.45, 2.75) is 153 Å². The van der Waals surface area contributed by atoms with Crippen LogP contribution in [0, 0.1) is 6.92 Å². The molecule has 7 heteroatoms. The van der Waals surface area contributed by atoms with Crippen LogP contribution in [0.4, 0.5) is 0 Å². The summed E-state index contributed by atoms with van der Waals surface area (Å²) in [6.45, 7) is 6.72. The molecule has 0 saturated carbocycles. The van der Waals surface area contributed by atoms with E-state index in [9.17, 15) is 17.8 Å². The van der Waals surface area contributed by atoms with Crippen LogP contribution in [0.3, 0.4) is 0 Å². The van der Waals surface area contributed by atoms with E-state index in [-0.39, 0.29) is 10.9 Å². The van der Waals surface area contributed by atoms with Crippen molar-refractivity contribution in [1.29, 1.82) is 0 Å². The number of carbonyl (C=O) groups excluding carboxylic acids is 1. The van der Waals surface area contributed by atoms with Crippen LogP contribution in [0.2, 0.25) is 0 Å². The maximum atomic E-state index is 12.7. The van der Waals surface area contributed by atoms with Gasteiger partial charge in [-0.05, 0) is 50.8 Å². The fraction of sp³-hybridized carbons (Fsp3) is 0.800. The Kier molecular flexibility index (Phi) is 21.4. The van der Waals surface area contributed by atoms with Gasteiger partial charge in [0.15, 0.2) is 0 Å². The van der Waals surface area contributed by atoms with Crippen molar-refractivity contribution in [3.63, 3.8) is 0 Å². The van der Waals surface area contributed by atoms with Gasteiger partial charge >= 0.3 is 0 Å². The molecular formula is C35H64N2O4S. The average molecular weight is 609 g/mol. The van der Waals surface area contributed by atoms with E-state index in [1.54, 1.807) is 19.1 Å². The standard InChI is InChI=1S/C28H57N2O.C7H8O3S/c1-4-5-6-7-8-9-10-11-12-13-14-15-16-17-18-22-25-30(2,3)26-28(31)27-23-20-19-21-24-29-27;1-6-4-2-3-5-7(6)11(8,9)10/h27,29H,4-26H2,1-3H3;2-5H,1H3,(H,8,9,10)/q+1;/p-1. The average Bonchev–Trinajstić information content (AvgIpc) is 3.22. The topological polar surface area (TPSA) is 86.3 Å². The monoisotopic (exact) mass is 608 g/mol. The number of nitrogens with one attached hydrogen (secondary N) is 1. The van der Waals surface area contributed by atoms with Crippen LogP contribution < -0.4 is 5.32 Å². The highest BCUT2D eigenvalue weighted by molar-refractivity contribution is 7.85. The van der Waals surface area contributed by atoms with Gasteiger partial charge in [0.05, 0.1) is 31.6 Å². The number of unbranched alkanes of at least 4 members (excludes halogenated alkanes) is 15. The molecule has 1 N–H and O–H groups in total. The Labute approximate surface area is 259 Å². The van der Waals surface area contributed by atoms with Crippen molar-refractivity contribution >= 4 is 15.9 Å². The molecule has 1 heterocycles. The summed E-state index contributed by atoms with van der Waals surface area (Å²) in [4.78, 5) is 12.5. The van der Waals surface area contributed by atoms with Crippen molar-refractivity contribution in [3.8, 4) is 0 Å². The molecule has 244 valence electrons. The molecule has 1 aliphatic heterocycles. The number of nitrogens with zero attached hydrogens (tertiary/aromatic N) is 1. The fourth-order valence-corrected chi connectivity index (χ4v) is 6.55. The summed E-state index contributed by atoms with van der Waals surface area (Å²) >= 11 is 0. The van der Waals surface area contributed by atoms with Gasteiger partial charge in [-0.3, -0.25) is 4.79 Å². The van der Waals surface area contributed by atoms with Crippen LogP contribution in [0.25, 0.3) is 0 Å². The van der Waals surface area contributed by atoms with E-state index in [0.29, 0.717) is 17.9 Å². The number of Topliss-reactive ketones (excluding diaryl/α,β-unsaturated/α-hetero) is 1. The molecular weight excluding hydrogens is 544 g/mol. The van der Waals surface area contributed by atoms with Crippen LogP contribution in [0.15, 0.2) is 29.2 Å². The lowest BCUT2D eigenvalue weighted by atomic mass is 10.0. The zero-order chi connectivity index (χ0) is 31.1. The number of quaternary nitrogens is 1. The summed E-state index contributed by atoms with van der Waals surface area (Å²) in [5, 5.41) is 3.47. The van der Waals surface area contributed by atoms with Crippen LogP contribution in [0.5, 0.6) is 0 Å². The lowest BCUT2D eigenvalue weighted by Gasteiger charge is -2.30. The van der Waals surface area contributed by atoms with Gasteiger partial charge in [0.25, 0.3) is 0 Å². The minimum atomic E-state index is -4.28.